The number of benzene rings is 2. The molecule has 0 radical (unpaired) electrons. The molecule has 0 aromatic heterocycles. The highest BCUT2D eigenvalue weighted by molar-refractivity contribution is 14.1. The maximum Gasteiger partial charge on any atom is 0.266 e. The fourth-order valence-corrected chi connectivity index (χ4v) is 4.88. The van der Waals surface area contributed by atoms with Gasteiger partial charge in [0.15, 0.2) is 16.7 Å². The first-order valence-corrected chi connectivity index (χ1v) is 12.2. The van der Waals surface area contributed by atoms with Gasteiger partial charge in [-0.1, -0.05) is 11.6 Å². The Labute approximate surface area is 207 Å². The van der Waals surface area contributed by atoms with Crippen molar-refractivity contribution in [2.45, 2.75) is 13.8 Å². The van der Waals surface area contributed by atoms with Gasteiger partial charge < -0.3 is 9.47 Å². The summed E-state index contributed by atoms with van der Waals surface area (Å²) < 4.78 is 13.2. The molecule has 3 rings (SSSR count). The number of thioether (sulfide) groups is 1. The van der Waals surface area contributed by atoms with Gasteiger partial charge in [0, 0.05) is 11.5 Å². The Balaban J connectivity index is 1.93. The number of likely N-dealkylation sites (N-methyl/N-ethyl adjacent to an activating group) is 1. The van der Waals surface area contributed by atoms with Gasteiger partial charge in [-0.05, 0) is 106 Å². The zero-order valence-electron chi connectivity index (χ0n) is 16.5. The molecular formula is C21H19BrClIN2O3S. The van der Waals surface area contributed by atoms with Crippen molar-refractivity contribution in [3.8, 4) is 11.5 Å². The molecule has 30 heavy (non-hydrogen) atoms. The molecule has 0 saturated carbocycles. The summed E-state index contributed by atoms with van der Waals surface area (Å²) in [5, 5.41) is 1.16. The van der Waals surface area contributed by atoms with E-state index in [0.717, 1.165) is 19.4 Å². The lowest BCUT2D eigenvalue weighted by Crippen LogP contribution is -2.23. The van der Waals surface area contributed by atoms with Crippen LogP contribution in [0.4, 0.5) is 5.69 Å². The average Bonchev–Trinajstić information content (AvgIpc) is 2.95. The minimum Gasteiger partial charge on any atom is -0.490 e. The van der Waals surface area contributed by atoms with Crippen LogP contribution in [0.25, 0.3) is 6.08 Å². The molecule has 5 nitrogen and oxygen atoms in total. The SMILES string of the molecule is CCOc1cc(/C=C2/SC(=Nc3ccc(Br)c(Cl)c3)N(C)C2=O)cc(I)c1OCC. The minimum absolute atomic E-state index is 0.108. The number of amidine groups is 1. The predicted molar refractivity (Wildman–Crippen MR) is 136 cm³/mol. The van der Waals surface area contributed by atoms with Crippen LogP contribution in [-0.2, 0) is 4.79 Å². The van der Waals surface area contributed by atoms with E-state index in [1.54, 1.807) is 13.1 Å². The van der Waals surface area contributed by atoms with Gasteiger partial charge in [0.2, 0.25) is 0 Å². The van der Waals surface area contributed by atoms with E-state index in [1.807, 2.05) is 44.2 Å². The summed E-state index contributed by atoms with van der Waals surface area (Å²) >= 11 is 13.1. The van der Waals surface area contributed by atoms with Gasteiger partial charge in [-0.3, -0.25) is 9.69 Å². The number of hydrogen-bond donors (Lipinski definition) is 0. The first kappa shape index (κ1) is 23.4. The van der Waals surface area contributed by atoms with Gasteiger partial charge in [-0.25, -0.2) is 4.99 Å². The number of carbonyl (C=O) groups excluding carboxylic acids is 1. The van der Waals surface area contributed by atoms with Crippen molar-refractivity contribution in [3.63, 3.8) is 0 Å². The highest BCUT2D eigenvalue weighted by Gasteiger charge is 2.30. The number of nitrogens with zero attached hydrogens (tertiary/aromatic N) is 2. The Morgan fingerprint density at radius 3 is 2.63 bits per heavy atom. The van der Waals surface area contributed by atoms with E-state index in [1.165, 1.54) is 16.7 Å². The average molecular weight is 622 g/mol. The second-order valence-electron chi connectivity index (χ2n) is 6.16. The minimum atomic E-state index is -0.108. The largest absolute Gasteiger partial charge is 0.490 e. The molecule has 1 amide bonds. The van der Waals surface area contributed by atoms with E-state index in [0.29, 0.717) is 39.7 Å². The third-order valence-electron chi connectivity index (χ3n) is 4.05. The molecule has 1 fully saturated rings. The van der Waals surface area contributed by atoms with Crippen molar-refractivity contribution in [2.24, 2.45) is 4.99 Å². The Morgan fingerprint density at radius 1 is 1.23 bits per heavy atom. The summed E-state index contributed by atoms with van der Waals surface area (Å²) in [5.41, 5.74) is 1.55. The summed E-state index contributed by atoms with van der Waals surface area (Å²) in [4.78, 5) is 19.5. The first-order chi connectivity index (χ1) is 14.3. The van der Waals surface area contributed by atoms with Crippen LogP contribution in [-0.4, -0.2) is 36.2 Å². The summed E-state index contributed by atoms with van der Waals surface area (Å²) in [6, 6.07) is 9.28. The molecule has 1 aliphatic rings. The molecule has 0 N–H and O–H groups in total. The van der Waals surface area contributed by atoms with Gasteiger partial charge in [0.1, 0.15) is 0 Å². The lowest BCUT2D eigenvalue weighted by molar-refractivity contribution is -0.121. The Morgan fingerprint density at radius 2 is 1.97 bits per heavy atom. The number of halogens is 3. The van der Waals surface area contributed by atoms with Crippen molar-refractivity contribution < 1.29 is 14.3 Å². The molecule has 2 aromatic carbocycles. The van der Waals surface area contributed by atoms with Gasteiger partial charge in [-0.2, -0.15) is 0 Å². The summed E-state index contributed by atoms with van der Waals surface area (Å²) in [7, 11) is 1.71. The molecule has 0 aliphatic carbocycles. The summed E-state index contributed by atoms with van der Waals surface area (Å²) in [6.45, 7) is 4.94. The summed E-state index contributed by atoms with van der Waals surface area (Å²) in [5.74, 6) is 1.28. The van der Waals surface area contributed by atoms with Crippen LogP contribution in [0.2, 0.25) is 5.02 Å². The van der Waals surface area contributed by atoms with Crippen molar-refractivity contribution in [1.29, 1.82) is 0 Å². The van der Waals surface area contributed by atoms with E-state index < -0.39 is 0 Å². The second-order valence-corrected chi connectivity index (χ2v) is 9.60. The fourth-order valence-electron chi connectivity index (χ4n) is 2.69. The van der Waals surface area contributed by atoms with Crippen LogP contribution in [0.5, 0.6) is 11.5 Å². The number of aliphatic imine (C=N–C) groups is 1. The molecule has 0 bridgehead atoms. The van der Waals surface area contributed by atoms with Crippen LogP contribution in [0, 0.1) is 3.57 Å². The Hall–Kier alpha value is -1.23. The molecule has 1 heterocycles. The van der Waals surface area contributed by atoms with E-state index in [-0.39, 0.29) is 5.91 Å². The molecule has 2 aromatic rings. The van der Waals surface area contributed by atoms with Crippen LogP contribution in [0.3, 0.4) is 0 Å². The van der Waals surface area contributed by atoms with Crippen molar-refractivity contribution in [2.75, 3.05) is 20.3 Å². The molecule has 0 atom stereocenters. The standard InChI is InChI=1S/C21H19BrClIN2O3S/c1-4-28-17-9-12(8-16(24)19(17)29-5-2)10-18-20(27)26(3)21(30-18)25-13-6-7-14(22)15(23)11-13/h6-11H,4-5H2,1-3H3/b18-10+,25-21?. The van der Waals surface area contributed by atoms with E-state index in [4.69, 9.17) is 21.1 Å². The topological polar surface area (TPSA) is 51.1 Å². The quantitative estimate of drug-likeness (QED) is 0.265. The lowest BCUT2D eigenvalue weighted by Gasteiger charge is -2.13. The zero-order chi connectivity index (χ0) is 21.8. The lowest BCUT2D eigenvalue weighted by atomic mass is 10.2. The van der Waals surface area contributed by atoms with Gasteiger partial charge in [0.25, 0.3) is 5.91 Å². The molecule has 1 saturated heterocycles. The third-order valence-corrected chi connectivity index (χ3v) is 7.14. The number of ether oxygens (including phenoxy) is 2. The third kappa shape index (κ3) is 5.33. The smallest absolute Gasteiger partial charge is 0.266 e. The Bertz CT molecular complexity index is 1050. The van der Waals surface area contributed by atoms with Crippen molar-refractivity contribution in [1.82, 2.24) is 4.90 Å². The van der Waals surface area contributed by atoms with Gasteiger partial charge >= 0.3 is 0 Å². The van der Waals surface area contributed by atoms with Gasteiger partial charge in [-0.15, -0.1) is 0 Å². The molecular weight excluding hydrogens is 603 g/mol. The summed E-state index contributed by atoms with van der Waals surface area (Å²) in [6.07, 6.45) is 1.85. The normalized spacial score (nSPS) is 16.6. The molecule has 0 spiro atoms. The predicted octanol–water partition coefficient (Wildman–Crippen LogP) is 6.74. The second kappa shape index (κ2) is 10.4. The van der Waals surface area contributed by atoms with E-state index in [2.05, 4.69) is 43.5 Å². The first-order valence-electron chi connectivity index (χ1n) is 9.14. The number of rotatable bonds is 6. The molecule has 158 valence electrons. The maximum absolute atomic E-state index is 12.8. The molecule has 0 unspecified atom stereocenters. The number of carbonyl (C=O) groups is 1. The molecule has 9 heteroatoms. The van der Waals surface area contributed by atoms with Gasteiger partial charge in [0.05, 0.1) is 32.4 Å². The number of amides is 1. The highest BCUT2D eigenvalue weighted by atomic mass is 127. The van der Waals surface area contributed by atoms with Crippen molar-refractivity contribution in [3.05, 3.63) is 53.9 Å². The monoisotopic (exact) mass is 620 g/mol. The van der Waals surface area contributed by atoms with Crippen LogP contribution < -0.4 is 9.47 Å². The van der Waals surface area contributed by atoms with E-state index >= 15 is 0 Å². The van der Waals surface area contributed by atoms with Crippen LogP contribution in [0.1, 0.15) is 19.4 Å². The van der Waals surface area contributed by atoms with Crippen LogP contribution in [0.15, 0.2) is 44.7 Å². The van der Waals surface area contributed by atoms with Crippen molar-refractivity contribution >= 4 is 84.7 Å². The Kier molecular flexibility index (Phi) is 8.11. The zero-order valence-corrected chi connectivity index (χ0v) is 21.9. The van der Waals surface area contributed by atoms with Crippen LogP contribution >= 0.6 is 61.9 Å². The maximum atomic E-state index is 12.8. The fraction of sp³-hybridized carbons (Fsp3) is 0.238. The van der Waals surface area contributed by atoms with E-state index in [9.17, 15) is 4.79 Å². The number of hydrogen-bond acceptors (Lipinski definition) is 5. The molecule has 1 aliphatic heterocycles. The highest BCUT2D eigenvalue weighted by Crippen LogP contribution is 2.38.